The molecule has 4 nitrogen and oxygen atoms in total. The molecule has 1 saturated carbocycles. The first-order valence-corrected chi connectivity index (χ1v) is 8.97. The first-order valence-electron chi connectivity index (χ1n) is 7.32. The molecular formula is C13H28N2O2S. The molecule has 0 aromatic heterocycles. The fourth-order valence-corrected chi connectivity index (χ4v) is 3.46. The zero-order valence-corrected chi connectivity index (χ0v) is 12.4. The van der Waals surface area contributed by atoms with E-state index in [1.54, 1.807) is 0 Å². The van der Waals surface area contributed by atoms with Crippen LogP contribution >= 0.6 is 0 Å². The monoisotopic (exact) mass is 276 g/mol. The van der Waals surface area contributed by atoms with Crippen LogP contribution in [0.25, 0.3) is 0 Å². The molecule has 1 fully saturated rings. The van der Waals surface area contributed by atoms with Gasteiger partial charge in [0.1, 0.15) is 0 Å². The highest BCUT2D eigenvalue weighted by Crippen LogP contribution is 2.25. The van der Waals surface area contributed by atoms with E-state index in [9.17, 15) is 8.42 Å². The van der Waals surface area contributed by atoms with Gasteiger partial charge in [0.2, 0.25) is 10.0 Å². The Bertz CT molecular complexity index is 298. The predicted octanol–water partition coefficient (Wildman–Crippen LogP) is 1.88. The molecule has 0 amide bonds. The maximum atomic E-state index is 11.7. The predicted molar refractivity (Wildman–Crippen MR) is 76.1 cm³/mol. The minimum atomic E-state index is -3.08. The van der Waals surface area contributed by atoms with Crippen molar-refractivity contribution in [3.63, 3.8) is 0 Å². The lowest BCUT2D eigenvalue weighted by Gasteiger charge is -2.21. The highest BCUT2D eigenvalue weighted by atomic mass is 32.2. The number of rotatable bonds is 9. The molecule has 0 aromatic rings. The summed E-state index contributed by atoms with van der Waals surface area (Å²) in [4.78, 5) is 0. The average molecular weight is 276 g/mol. The first kappa shape index (κ1) is 15.9. The van der Waals surface area contributed by atoms with Crippen molar-refractivity contribution in [2.45, 2.75) is 51.9 Å². The molecule has 0 spiro atoms. The molecule has 1 rings (SSSR count). The largest absolute Gasteiger partial charge is 0.316 e. The van der Waals surface area contributed by atoms with Gasteiger partial charge in [-0.1, -0.05) is 39.0 Å². The van der Waals surface area contributed by atoms with Crippen LogP contribution in [0.4, 0.5) is 0 Å². The quantitative estimate of drug-likeness (QED) is 0.632. The van der Waals surface area contributed by atoms with Crippen molar-refractivity contribution in [2.24, 2.45) is 5.92 Å². The van der Waals surface area contributed by atoms with Crippen LogP contribution in [0.15, 0.2) is 0 Å². The fourth-order valence-electron chi connectivity index (χ4n) is 2.47. The second-order valence-corrected chi connectivity index (χ2v) is 7.18. The molecule has 0 aliphatic heterocycles. The van der Waals surface area contributed by atoms with Gasteiger partial charge in [0.05, 0.1) is 5.75 Å². The minimum Gasteiger partial charge on any atom is -0.316 e. The highest BCUT2D eigenvalue weighted by molar-refractivity contribution is 7.89. The van der Waals surface area contributed by atoms with E-state index in [0.29, 0.717) is 13.1 Å². The molecule has 18 heavy (non-hydrogen) atoms. The number of sulfonamides is 1. The lowest BCUT2D eigenvalue weighted by Crippen LogP contribution is -2.33. The van der Waals surface area contributed by atoms with E-state index in [-0.39, 0.29) is 5.75 Å². The van der Waals surface area contributed by atoms with Crippen molar-refractivity contribution in [3.8, 4) is 0 Å². The van der Waals surface area contributed by atoms with Gasteiger partial charge in [0.25, 0.3) is 0 Å². The molecule has 0 atom stereocenters. The Hall–Kier alpha value is -0.130. The Morgan fingerprint density at radius 2 is 1.78 bits per heavy atom. The topological polar surface area (TPSA) is 58.2 Å². The van der Waals surface area contributed by atoms with E-state index < -0.39 is 10.0 Å². The van der Waals surface area contributed by atoms with Crippen LogP contribution in [-0.4, -0.2) is 33.8 Å². The number of nitrogens with one attached hydrogen (secondary N) is 2. The summed E-state index contributed by atoms with van der Waals surface area (Å²) < 4.78 is 26.1. The summed E-state index contributed by atoms with van der Waals surface area (Å²) in [6, 6.07) is 0. The maximum absolute atomic E-state index is 11.7. The summed E-state index contributed by atoms with van der Waals surface area (Å²) in [5, 5.41) is 3.11. The van der Waals surface area contributed by atoms with Gasteiger partial charge in [-0.25, -0.2) is 13.1 Å². The van der Waals surface area contributed by atoms with Crippen LogP contribution in [0.3, 0.4) is 0 Å². The lowest BCUT2D eigenvalue weighted by molar-refractivity contribution is 0.339. The molecule has 1 aliphatic rings. The molecule has 1 aliphatic carbocycles. The van der Waals surface area contributed by atoms with E-state index in [1.807, 2.05) is 0 Å². The van der Waals surface area contributed by atoms with Crippen molar-refractivity contribution >= 4 is 10.0 Å². The normalized spacial score (nSPS) is 18.1. The Morgan fingerprint density at radius 1 is 1.06 bits per heavy atom. The molecule has 2 N–H and O–H groups in total. The Balaban J connectivity index is 2.08. The van der Waals surface area contributed by atoms with E-state index in [2.05, 4.69) is 17.0 Å². The third kappa shape index (κ3) is 7.34. The molecular weight excluding hydrogens is 248 g/mol. The zero-order chi connectivity index (χ0) is 13.3. The van der Waals surface area contributed by atoms with Crippen LogP contribution in [0.1, 0.15) is 51.9 Å². The van der Waals surface area contributed by atoms with Gasteiger partial charge in [0, 0.05) is 13.1 Å². The van der Waals surface area contributed by atoms with E-state index in [0.717, 1.165) is 25.3 Å². The molecule has 5 heteroatoms. The van der Waals surface area contributed by atoms with Gasteiger partial charge in [-0.3, -0.25) is 0 Å². The van der Waals surface area contributed by atoms with Crippen LogP contribution in [-0.2, 0) is 10.0 Å². The van der Waals surface area contributed by atoms with Gasteiger partial charge >= 0.3 is 0 Å². The molecule has 0 aromatic carbocycles. The Kier molecular flexibility index (Phi) is 7.86. The number of hydrogen-bond acceptors (Lipinski definition) is 3. The maximum Gasteiger partial charge on any atom is 0.212 e. The van der Waals surface area contributed by atoms with Crippen LogP contribution in [0, 0.1) is 5.92 Å². The van der Waals surface area contributed by atoms with Gasteiger partial charge in [-0.15, -0.1) is 0 Å². The summed E-state index contributed by atoms with van der Waals surface area (Å²) in [5.74, 6) is 0.928. The fraction of sp³-hybridized carbons (Fsp3) is 1.00. The standard InChI is InChI=1S/C13H28N2O2S/c1-2-9-14-11-12-18(16,17)15-10-8-13-6-4-3-5-7-13/h13-15H,2-12H2,1H3. The van der Waals surface area contributed by atoms with E-state index >= 15 is 0 Å². The minimum absolute atomic E-state index is 0.192. The SMILES string of the molecule is CCCNCCS(=O)(=O)NCCC1CCCCC1. The van der Waals surface area contributed by atoms with Gasteiger partial charge in [0.15, 0.2) is 0 Å². The van der Waals surface area contributed by atoms with Crippen LogP contribution in [0.2, 0.25) is 0 Å². The Labute approximate surface area is 112 Å². The summed E-state index contributed by atoms with van der Waals surface area (Å²) in [6.45, 7) is 4.12. The summed E-state index contributed by atoms with van der Waals surface area (Å²) in [6.07, 6.45) is 8.58. The van der Waals surface area contributed by atoms with Crippen molar-refractivity contribution in [1.29, 1.82) is 0 Å². The molecule has 0 unspecified atom stereocenters. The second-order valence-electron chi connectivity index (χ2n) is 5.26. The second kappa shape index (κ2) is 8.88. The first-order chi connectivity index (χ1) is 8.64. The molecule has 0 bridgehead atoms. The highest BCUT2D eigenvalue weighted by Gasteiger charge is 2.14. The van der Waals surface area contributed by atoms with Crippen molar-refractivity contribution in [3.05, 3.63) is 0 Å². The van der Waals surface area contributed by atoms with Gasteiger partial charge in [-0.05, 0) is 25.3 Å². The molecule has 0 radical (unpaired) electrons. The molecule has 0 heterocycles. The van der Waals surface area contributed by atoms with Crippen molar-refractivity contribution in [2.75, 3.05) is 25.4 Å². The lowest BCUT2D eigenvalue weighted by atomic mass is 9.87. The summed E-state index contributed by atoms with van der Waals surface area (Å²) in [7, 11) is -3.08. The van der Waals surface area contributed by atoms with Crippen LogP contribution in [0.5, 0.6) is 0 Å². The van der Waals surface area contributed by atoms with Crippen molar-refractivity contribution < 1.29 is 8.42 Å². The summed E-state index contributed by atoms with van der Waals surface area (Å²) in [5.41, 5.74) is 0. The zero-order valence-electron chi connectivity index (χ0n) is 11.6. The smallest absolute Gasteiger partial charge is 0.212 e. The van der Waals surface area contributed by atoms with Gasteiger partial charge in [-0.2, -0.15) is 0 Å². The Morgan fingerprint density at radius 3 is 2.44 bits per heavy atom. The molecule has 0 saturated heterocycles. The number of hydrogen-bond donors (Lipinski definition) is 2. The van der Waals surface area contributed by atoms with E-state index in [4.69, 9.17) is 0 Å². The molecule has 108 valence electrons. The average Bonchev–Trinajstić information content (AvgIpc) is 2.36. The van der Waals surface area contributed by atoms with Crippen molar-refractivity contribution in [1.82, 2.24) is 10.0 Å². The van der Waals surface area contributed by atoms with Gasteiger partial charge < -0.3 is 5.32 Å². The van der Waals surface area contributed by atoms with E-state index in [1.165, 1.54) is 32.1 Å². The third-order valence-electron chi connectivity index (χ3n) is 3.57. The summed E-state index contributed by atoms with van der Waals surface area (Å²) >= 11 is 0. The van der Waals surface area contributed by atoms with Crippen LogP contribution < -0.4 is 10.0 Å². The third-order valence-corrected chi connectivity index (χ3v) is 4.96.